The molecule has 0 amide bonds. The highest BCUT2D eigenvalue weighted by Crippen LogP contribution is 2.21. The third kappa shape index (κ3) is 3.13. The molecular weight excluding hydrogens is 253 g/mol. The van der Waals surface area contributed by atoms with Crippen LogP contribution < -0.4 is 4.90 Å². The minimum atomic E-state index is -0.0987. The van der Waals surface area contributed by atoms with Crippen molar-refractivity contribution in [1.82, 2.24) is 9.80 Å². The Labute approximate surface area is 121 Å². The van der Waals surface area contributed by atoms with Crippen molar-refractivity contribution >= 4 is 5.69 Å². The van der Waals surface area contributed by atoms with E-state index in [0.29, 0.717) is 0 Å². The largest absolute Gasteiger partial charge is 0.367 e. The summed E-state index contributed by atoms with van der Waals surface area (Å²) in [5.74, 6) is 0.721. The van der Waals surface area contributed by atoms with E-state index in [4.69, 9.17) is 0 Å². The number of benzene rings is 1. The van der Waals surface area contributed by atoms with Gasteiger partial charge in [0.05, 0.1) is 5.69 Å². The van der Waals surface area contributed by atoms with Gasteiger partial charge in [-0.3, -0.25) is 4.90 Å². The fraction of sp³-hybridized carbons (Fsp3) is 0.625. The first kappa shape index (κ1) is 13.8. The molecular formula is C16H24FN3. The average molecular weight is 277 g/mol. The highest BCUT2D eigenvalue weighted by Gasteiger charge is 2.25. The van der Waals surface area contributed by atoms with Gasteiger partial charge >= 0.3 is 0 Å². The summed E-state index contributed by atoms with van der Waals surface area (Å²) >= 11 is 0. The number of anilines is 1. The highest BCUT2D eigenvalue weighted by molar-refractivity contribution is 5.47. The van der Waals surface area contributed by atoms with E-state index in [1.807, 2.05) is 12.1 Å². The molecule has 0 N–H and O–H groups in total. The molecule has 0 unspecified atom stereocenters. The Morgan fingerprint density at radius 1 is 1.10 bits per heavy atom. The first-order chi connectivity index (χ1) is 9.72. The van der Waals surface area contributed by atoms with Crippen LogP contribution in [0.2, 0.25) is 0 Å². The van der Waals surface area contributed by atoms with Gasteiger partial charge in [-0.1, -0.05) is 12.1 Å². The third-order valence-corrected chi connectivity index (χ3v) is 4.57. The molecule has 0 aliphatic carbocycles. The number of nitrogens with zero attached hydrogens (tertiary/aromatic N) is 3. The molecule has 20 heavy (non-hydrogen) atoms. The normalized spacial score (nSPS) is 25.3. The summed E-state index contributed by atoms with van der Waals surface area (Å²) in [6.45, 7) is 7.64. The molecule has 2 saturated heterocycles. The molecule has 2 aliphatic rings. The molecule has 1 atom stereocenters. The van der Waals surface area contributed by atoms with Gasteiger partial charge in [-0.05, 0) is 38.1 Å². The Kier molecular flexibility index (Phi) is 4.22. The van der Waals surface area contributed by atoms with Crippen LogP contribution in [0.1, 0.15) is 6.42 Å². The number of halogens is 1. The zero-order valence-electron chi connectivity index (χ0n) is 12.3. The fourth-order valence-electron chi connectivity index (χ4n) is 3.42. The van der Waals surface area contributed by atoms with E-state index in [9.17, 15) is 4.39 Å². The van der Waals surface area contributed by atoms with Crippen LogP contribution >= 0.6 is 0 Å². The van der Waals surface area contributed by atoms with E-state index < -0.39 is 0 Å². The summed E-state index contributed by atoms with van der Waals surface area (Å²) in [5.41, 5.74) is 0.757. The molecule has 0 aromatic heterocycles. The number of piperazine rings is 1. The number of likely N-dealkylation sites (tertiary alicyclic amines) is 1. The Balaban J connectivity index is 1.51. The van der Waals surface area contributed by atoms with Crippen LogP contribution in [0.4, 0.5) is 10.1 Å². The first-order valence-corrected chi connectivity index (χ1v) is 7.63. The number of hydrogen-bond donors (Lipinski definition) is 0. The van der Waals surface area contributed by atoms with Crippen LogP contribution in [-0.2, 0) is 0 Å². The maximum absolute atomic E-state index is 13.8. The van der Waals surface area contributed by atoms with Crippen LogP contribution in [-0.4, -0.2) is 62.7 Å². The highest BCUT2D eigenvalue weighted by atomic mass is 19.1. The van der Waals surface area contributed by atoms with E-state index in [1.165, 1.54) is 26.1 Å². The summed E-state index contributed by atoms with van der Waals surface area (Å²) in [7, 11) is 2.20. The molecule has 0 bridgehead atoms. The minimum Gasteiger partial charge on any atom is -0.367 e. The molecule has 2 fully saturated rings. The van der Waals surface area contributed by atoms with Gasteiger partial charge in [-0.25, -0.2) is 4.39 Å². The Morgan fingerprint density at radius 3 is 2.50 bits per heavy atom. The topological polar surface area (TPSA) is 9.72 Å². The third-order valence-electron chi connectivity index (χ3n) is 4.57. The molecule has 0 saturated carbocycles. The zero-order chi connectivity index (χ0) is 13.9. The van der Waals surface area contributed by atoms with Crippen LogP contribution in [0.15, 0.2) is 24.3 Å². The molecule has 2 aliphatic heterocycles. The molecule has 0 radical (unpaired) electrons. The summed E-state index contributed by atoms with van der Waals surface area (Å²) in [6.07, 6.45) is 1.32. The van der Waals surface area contributed by atoms with Crippen LogP contribution in [0, 0.1) is 11.7 Å². The monoisotopic (exact) mass is 277 g/mol. The molecule has 4 heteroatoms. The number of rotatable bonds is 3. The van der Waals surface area contributed by atoms with Gasteiger partial charge in [0.15, 0.2) is 0 Å². The lowest BCUT2D eigenvalue weighted by atomic mass is 10.1. The van der Waals surface area contributed by atoms with Crippen molar-refractivity contribution in [3.05, 3.63) is 30.1 Å². The quantitative estimate of drug-likeness (QED) is 0.835. The van der Waals surface area contributed by atoms with Crippen LogP contribution in [0.25, 0.3) is 0 Å². The second kappa shape index (κ2) is 6.10. The van der Waals surface area contributed by atoms with E-state index in [1.54, 1.807) is 12.1 Å². The second-order valence-electron chi connectivity index (χ2n) is 6.16. The molecule has 1 aromatic carbocycles. The van der Waals surface area contributed by atoms with E-state index in [2.05, 4.69) is 21.7 Å². The smallest absolute Gasteiger partial charge is 0.146 e. The maximum Gasteiger partial charge on any atom is 0.146 e. The maximum atomic E-state index is 13.8. The molecule has 1 aromatic rings. The van der Waals surface area contributed by atoms with Gasteiger partial charge in [-0.2, -0.15) is 0 Å². The van der Waals surface area contributed by atoms with Crippen molar-refractivity contribution in [2.45, 2.75) is 6.42 Å². The zero-order valence-corrected chi connectivity index (χ0v) is 12.3. The van der Waals surface area contributed by atoms with Crippen molar-refractivity contribution in [1.29, 1.82) is 0 Å². The fourth-order valence-corrected chi connectivity index (χ4v) is 3.42. The van der Waals surface area contributed by atoms with Crippen molar-refractivity contribution < 1.29 is 4.39 Å². The van der Waals surface area contributed by atoms with E-state index in [-0.39, 0.29) is 5.82 Å². The van der Waals surface area contributed by atoms with Gasteiger partial charge in [0, 0.05) is 39.3 Å². The van der Waals surface area contributed by atoms with Gasteiger partial charge in [0.2, 0.25) is 0 Å². The summed E-state index contributed by atoms with van der Waals surface area (Å²) in [4.78, 5) is 7.13. The second-order valence-corrected chi connectivity index (χ2v) is 6.16. The van der Waals surface area contributed by atoms with Crippen molar-refractivity contribution in [3.8, 4) is 0 Å². The summed E-state index contributed by atoms with van der Waals surface area (Å²) in [6, 6.07) is 7.11. The molecule has 3 rings (SSSR count). The number of hydrogen-bond acceptors (Lipinski definition) is 3. The molecule has 2 heterocycles. The standard InChI is InChI=1S/C16H24FN3/c1-18-7-6-14(12-18)13-19-8-10-20(11-9-19)16-5-3-2-4-15(16)17/h2-5,14H,6-13H2,1H3/t14-/m1/s1. The SMILES string of the molecule is CN1CC[C@@H](CN2CCN(c3ccccc3F)CC2)C1. The lowest BCUT2D eigenvalue weighted by Gasteiger charge is -2.37. The minimum absolute atomic E-state index is 0.0987. The van der Waals surface area contributed by atoms with Crippen LogP contribution in [0.3, 0.4) is 0 Å². The Morgan fingerprint density at radius 2 is 1.85 bits per heavy atom. The van der Waals surface area contributed by atoms with Crippen molar-refractivity contribution in [2.75, 3.05) is 57.8 Å². The average Bonchev–Trinajstić information content (AvgIpc) is 2.86. The number of para-hydroxylation sites is 1. The molecule has 3 nitrogen and oxygen atoms in total. The van der Waals surface area contributed by atoms with Crippen molar-refractivity contribution in [2.24, 2.45) is 5.92 Å². The molecule has 0 spiro atoms. The summed E-state index contributed by atoms with van der Waals surface area (Å²) in [5, 5.41) is 0. The van der Waals surface area contributed by atoms with Crippen molar-refractivity contribution in [3.63, 3.8) is 0 Å². The predicted octanol–water partition coefficient (Wildman–Crippen LogP) is 1.90. The lowest BCUT2D eigenvalue weighted by molar-refractivity contribution is 0.218. The Bertz CT molecular complexity index is 443. The summed E-state index contributed by atoms with van der Waals surface area (Å²) < 4.78 is 13.8. The van der Waals surface area contributed by atoms with Gasteiger partial charge in [0.1, 0.15) is 5.82 Å². The lowest BCUT2D eigenvalue weighted by Crippen LogP contribution is -2.48. The van der Waals surface area contributed by atoms with Crippen LogP contribution in [0.5, 0.6) is 0 Å². The van der Waals surface area contributed by atoms with E-state index >= 15 is 0 Å². The predicted molar refractivity (Wildman–Crippen MR) is 80.7 cm³/mol. The van der Waals surface area contributed by atoms with Gasteiger partial charge in [-0.15, -0.1) is 0 Å². The first-order valence-electron chi connectivity index (χ1n) is 7.63. The van der Waals surface area contributed by atoms with Gasteiger partial charge in [0.25, 0.3) is 0 Å². The van der Waals surface area contributed by atoms with Gasteiger partial charge < -0.3 is 9.80 Å². The van der Waals surface area contributed by atoms with E-state index in [0.717, 1.165) is 37.8 Å². The Hall–Kier alpha value is -1.13. The molecule has 110 valence electrons.